The molecule has 116 valence electrons. The number of benzene rings is 1. The molecule has 0 amide bonds. The van der Waals surface area contributed by atoms with Gasteiger partial charge in [0.1, 0.15) is 0 Å². The highest BCUT2D eigenvalue weighted by Crippen LogP contribution is 2.14. The normalized spacial score (nSPS) is 12.1. The summed E-state index contributed by atoms with van der Waals surface area (Å²) in [4.78, 5) is 0.155. The molecule has 0 N–H and O–H groups in total. The molecule has 0 aliphatic heterocycles. The molecule has 0 fully saturated rings. The molecule has 0 bridgehead atoms. The number of nitrogens with zero attached hydrogens (tertiary/aromatic N) is 1. The van der Waals surface area contributed by atoms with Gasteiger partial charge in [-0.3, -0.25) is 0 Å². The first-order valence-electron chi connectivity index (χ1n) is 6.66. The summed E-state index contributed by atoms with van der Waals surface area (Å²) in [6.07, 6.45) is 0.688. The molecule has 0 atom stereocenters. The SMILES string of the molecule is COC(C)(C)CCOCCS(=O)(=O)c1cccc(C#N)c1. The molecule has 6 heteroatoms. The van der Waals surface area contributed by atoms with Crippen molar-refractivity contribution in [3.05, 3.63) is 29.8 Å². The fraction of sp³-hybridized carbons (Fsp3) is 0.533. The third kappa shape index (κ3) is 5.84. The van der Waals surface area contributed by atoms with Crippen molar-refractivity contribution in [3.8, 4) is 6.07 Å². The molecule has 0 heterocycles. The van der Waals surface area contributed by atoms with Crippen LogP contribution in [0.25, 0.3) is 0 Å². The molecule has 0 radical (unpaired) electrons. The molecule has 0 saturated carbocycles. The van der Waals surface area contributed by atoms with E-state index in [2.05, 4.69) is 0 Å². The number of ether oxygens (including phenoxy) is 2. The Morgan fingerprint density at radius 2 is 2.00 bits per heavy atom. The van der Waals surface area contributed by atoms with Crippen LogP contribution in [0.15, 0.2) is 29.2 Å². The van der Waals surface area contributed by atoms with Gasteiger partial charge in [0.05, 0.1) is 34.5 Å². The standard InChI is InChI=1S/C15H21NO4S/c1-15(2,19-3)7-8-20-9-10-21(17,18)14-6-4-5-13(11-14)12-16/h4-6,11H,7-10H2,1-3H3. The van der Waals surface area contributed by atoms with Crippen molar-refractivity contribution in [2.24, 2.45) is 0 Å². The second kappa shape index (κ2) is 7.55. The molecule has 0 unspecified atom stereocenters. The quantitative estimate of drug-likeness (QED) is 0.688. The minimum Gasteiger partial charge on any atom is -0.380 e. The van der Waals surface area contributed by atoms with Crippen molar-refractivity contribution < 1.29 is 17.9 Å². The Morgan fingerprint density at radius 3 is 2.62 bits per heavy atom. The van der Waals surface area contributed by atoms with Crippen LogP contribution in [0, 0.1) is 11.3 Å². The van der Waals surface area contributed by atoms with Crippen LogP contribution in [0.3, 0.4) is 0 Å². The van der Waals surface area contributed by atoms with Crippen LogP contribution in [0.1, 0.15) is 25.8 Å². The Morgan fingerprint density at radius 1 is 1.29 bits per heavy atom. The maximum atomic E-state index is 12.1. The predicted molar refractivity (Wildman–Crippen MR) is 79.7 cm³/mol. The Kier molecular flexibility index (Phi) is 6.34. The van der Waals surface area contributed by atoms with Gasteiger partial charge < -0.3 is 9.47 Å². The minimum absolute atomic E-state index is 0.102. The smallest absolute Gasteiger partial charge is 0.180 e. The number of nitriles is 1. The lowest BCUT2D eigenvalue weighted by molar-refractivity contribution is -0.00798. The van der Waals surface area contributed by atoms with Crippen LogP contribution in [0.2, 0.25) is 0 Å². The zero-order valence-electron chi connectivity index (χ0n) is 12.6. The molecule has 0 saturated heterocycles. The lowest BCUT2D eigenvalue weighted by Gasteiger charge is -2.22. The first kappa shape index (κ1) is 17.6. The van der Waals surface area contributed by atoms with E-state index >= 15 is 0 Å². The molecular weight excluding hydrogens is 290 g/mol. The van der Waals surface area contributed by atoms with Gasteiger partial charge in [-0.25, -0.2) is 8.42 Å². The summed E-state index contributed by atoms with van der Waals surface area (Å²) in [6, 6.07) is 7.93. The Balaban J connectivity index is 2.49. The maximum absolute atomic E-state index is 12.1. The average molecular weight is 311 g/mol. The number of hydrogen-bond donors (Lipinski definition) is 0. The van der Waals surface area contributed by atoms with Gasteiger partial charge in [-0.05, 0) is 38.5 Å². The number of methoxy groups -OCH3 is 1. The average Bonchev–Trinajstić information content (AvgIpc) is 2.46. The largest absolute Gasteiger partial charge is 0.380 e. The summed E-state index contributed by atoms with van der Waals surface area (Å²) in [5, 5.41) is 8.79. The third-order valence-electron chi connectivity index (χ3n) is 3.22. The van der Waals surface area contributed by atoms with Crippen LogP contribution >= 0.6 is 0 Å². The van der Waals surface area contributed by atoms with Crippen LogP contribution < -0.4 is 0 Å². The minimum atomic E-state index is -3.42. The van der Waals surface area contributed by atoms with E-state index in [4.69, 9.17) is 14.7 Å². The molecule has 5 nitrogen and oxygen atoms in total. The summed E-state index contributed by atoms with van der Waals surface area (Å²) >= 11 is 0. The van der Waals surface area contributed by atoms with Crippen molar-refractivity contribution >= 4 is 9.84 Å². The van der Waals surface area contributed by atoms with E-state index in [-0.39, 0.29) is 22.9 Å². The first-order valence-corrected chi connectivity index (χ1v) is 8.32. The van der Waals surface area contributed by atoms with Gasteiger partial charge in [0.2, 0.25) is 0 Å². The van der Waals surface area contributed by atoms with Gasteiger partial charge in [0.25, 0.3) is 0 Å². The van der Waals surface area contributed by atoms with E-state index < -0.39 is 9.84 Å². The number of hydrogen-bond acceptors (Lipinski definition) is 5. The van der Waals surface area contributed by atoms with Crippen molar-refractivity contribution in [2.45, 2.75) is 30.8 Å². The Hall–Kier alpha value is -1.42. The van der Waals surface area contributed by atoms with Crippen molar-refractivity contribution in [1.82, 2.24) is 0 Å². The van der Waals surface area contributed by atoms with Gasteiger partial charge in [0, 0.05) is 13.7 Å². The van der Waals surface area contributed by atoms with E-state index in [9.17, 15) is 8.42 Å². The topological polar surface area (TPSA) is 76.4 Å². The van der Waals surface area contributed by atoms with Gasteiger partial charge in [-0.1, -0.05) is 6.07 Å². The Bertz CT molecular complexity index is 602. The van der Waals surface area contributed by atoms with E-state index in [1.807, 2.05) is 19.9 Å². The second-order valence-electron chi connectivity index (χ2n) is 5.28. The second-order valence-corrected chi connectivity index (χ2v) is 7.39. The summed E-state index contributed by atoms with van der Waals surface area (Å²) in [7, 11) is -1.79. The van der Waals surface area contributed by atoms with Crippen LogP contribution in [0.5, 0.6) is 0 Å². The molecule has 1 rings (SSSR count). The Labute approximate surface area is 126 Å². The van der Waals surface area contributed by atoms with Gasteiger partial charge in [-0.15, -0.1) is 0 Å². The highest BCUT2D eigenvalue weighted by atomic mass is 32.2. The van der Waals surface area contributed by atoms with Crippen molar-refractivity contribution in [2.75, 3.05) is 26.1 Å². The zero-order chi connectivity index (χ0) is 15.9. The van der Waals surface area contributed by atoms with Crippen molar-refractivity contribution in [3.63, 3.8) is 0 Å². The van der Waals surface area contributed by atoms with Gasteiger partial charge >= 0.3 is 0 Å². The fourth-order valence-electron chi connectivity index (χ4n) is 1.57. The molecule has 0 spiro atoms. The summed E-state index contributed by atoms with van der Waals surface area (Å²) in [5.74, 6) is -0.102. The number of rotatable bonds is 8. The third-order valence-corrected chi connectivity index (χ3v) is 4.90. The highest BCUT2D eigenvalue weighted by molar-refractivity contribution is 7.91. The lowest BCUT2D eigenvalue weighted by atomic mass is 10.1. The first-order chi connectivity index (χ1) is 9.80. The highest BCUT2D eigenvalue weighted by Gasteiger charge is 2.17. The molecular formula is C15H21NO4S. The zero-order valence-corrected chi connectivity index (χ0v) is 13.4. The molecule has 21 heavy (non-hydrogen) atoms. The molecule has 0 aromatic heterocycles. The van der Waals surface area contributed by atoms with E-state index in [0.717, 1.165) is 0 Å². The fourth-order valence-corrected chi connectivity index (χ4v) is 2.73. The van der Waals surface area contributed by atoms with Crippen LogP contribution in [-0.4, -0.2) is 40.1 Å². The van der Waals surface area contributed by atoms with E-state index in [1.165, 1.54) is 12.1 Å². The predicted octanol–water partition coefficient (Wildman–Crippen LogP) is 2.16. The summed E-state index contributed by atoms with van der Waals surface area (Å²) in [6.45, 7) is 4.45. The molecule has 1 aromatic carbocycles. The molecule has 0 aliphatic carbocycles. The van der Waals surface area contributed by atoms with E-state index in [1.54, 1.807) is 19.2 Å². The lowest BCUT2D eigenvalue weighted by Crippen LogP contribution is -2.25. The van der Waals surface area contributed by atoms with Gasteiger partial charge in [-0.2, -0.15) is 5.26 Å². The summed E-state index contributed by atoms with van der Waals surface area (Å²) < 4.78 is 34.8. The number of sulfone groups is 1. The monoisotopic (exact) mass is 311 g/mol. The maximum Gasteiger partial charge on any atom is 0.180 e. The van der Waals surface area contributed by atoms with Crippen LogP contribution in [-0.2, 0) is 19.3 Å². The van der Waals surface area contributed by atoms with Gasteiger partial charge in [0.15, 0.2) is 9.84 Å². The van der Waals surface area contributed by atoms with Crippen LogP contribution in [0.4, 0.5) is 0 Å². The van der Waals surface area contributed by atoms with Crippen molar-refractivity contribution in [1.29, 1.82) is 5.26 Å². The van der Waals surface area contributed by atoms with E-state index in [0.29, 0.717) is 18.6 Å². The summed E-state index contributed by atoms with van der Waals surface area (Å²) in [5.41, 5.74) is 0.0545. The molecule has 1 aromatic rings. The molecule has 0 aliphatic rings.